The van der Waals surface area contributed by atoms with Crippen molar-refractivity contribution < 1.29 is 23.7 Å². The molecule has 0 spiro atoms. The Labute approximate surface area is 231 Å². The molecule has 3 aromatic rings. The lowest BCUT2D eigenvalue weighted by Crippen LogP contribution is -2.36. The van der Waals surface area contributed by atoms with E-state index in [1.54, 1.807) is 29.5 Å². The summed E-state index contributed by atoms with van der Waals surface area (Å²) in [6.07, 6.45) is 0. The van der Waals surface area contributed by atoms with E-state index in [9.17, 15) is 4.79 Å². The van der Waals surface area contributed by atoms with Gasteiger partial charge in [0.05, 0.1) is 44.4 Å². The molecule has 0 unspecified atom stereocenters. The molecule has 202 valence electrons. The second-order valence-electron chi connectivity index (χ2n) is 9.01. The molecule has 1 saturated heterocycles. The average Bonchev–Trinajstić information content (AvgIpc) is 3.28. The number of thiazole rings is 1. The number of halogens is 1. The van der Waals surface area contributed by atoms with E-state index in [4.69, 9.17) is 35.5 Å². The van der Waals surface area contributed by atoms with Gasteiger partial charge in [-0.3, -0.25) is 9.69 Å². The van der Waals surface area contributed by atoms with Crippen LogP contribution in [0.25, 0.3) is 0 Å². The first-order valence-corrected chi connectivity index (χ1v) is 13.8. The molecular formula is C27H31ClN4O5S. The zero-order valence-electron chi connectivity index (χ0n) is 21.3. The number of hydrogen-bond acceptors (Lipinski definition) is 9. The van der Waals surface area contributed by atoms with Gasteiger partial charge < -0.3 is 29.2 Å². The number of rotatable bonds is 3. The zero-order valence-corrected chi connectivity index (χ0v) is 22.9. The highest BCUT2D eigenvalue weighted by Crippen LogP contribution is 2.36. The van der Waals surface area contributed by atoms with Crippen LogP contribution in [0, 0.1) is 6.92 Å². The van der Waals surface area contributed by atoms with Crippen molar-refractivity contribution in [2.75, 3.05) is 69.4 Å². The van der Waals surface area contributed by atoms with E-state index in [0.717, 1.165) is 28.8 Å². The van der Waals surface area contributed by atoms with Crippen LogP contribution in [-0.2, 0) is 20.8 Å². The Balaban J connectivity index is 1.35. The smallest absolute Gasteiger partial charge is 0.238 e. The summed E-state index contributed by atoms with van der Waals surface area (Å²) in [5.41, 5.74) is 1.47. The van der Waals surface area contributed by atoms with Gasteiger partial charge in [-0.15, -0.1) is 11.3 Å². The summed E-state index contributed by atoms with van der Waals surface area (Å²) >= 11 is 7.93. The molecule has 1 aromatic heterocycles. The Hall–Kier alpha value is -2.89. The minimum absolute atomic E-state index is 0.173. The van der Waals surface area contributed by atoms with E-state index >= 15 is 0 Å². The molecule has 2 aliphatic rings. The molecule has 1 fully saturated rings. The zero-order chi connectivity index (χ0) is 26.3. The fourth-order valence-electron chi connectivity index (χ4n) is 4.23. The molecule has 3 heterocycles. The van der Waals surface area contributed by atoms with Crippen molar-refractivity contribution in [3.8, 4) is 17.2 Å². The van der Waals surface area contributed by atoms with Crippen molar-refractivity contribution in [3.05, 3.63) is 58.1 Å². The van der Waals surface area contributed by atoms with E-state index < -0.39 is 0 Å². The van der Waals surface area contributed by atoms with Crippen LogP contribution in [-0.4, -0.2) is 75.0 Å². The lowest BCUT2D eigenvalue weighted by atomic mass is 10.2. The van der Waals surface area contributed by atoms with Gasteiger partial charge in [0.15, 0.2) is 22.4 Å². The molecule has 2 aliphatic heterocycles. The van der Waals surface area contributed by atoms with Gasteiger partial charge in [-0.1, -0.05) is 23.7 Å². The summed E-state index contributed by atoms with van der Waals surface area (Å²) < 4.78 is 23.4. The van der Waals surface area contributed by atoms with Gasteiger partial charge in [-0.05, 0) is 37.3 Å². The molecule has 1 N–H and O–H groups in total. The van der Waals surface area contributed by atoms with E-state index in [1.807, 2.05) is 31.2 Å². The number of para-hydroxylation sites is 2. The Morgan fingerprint density at radius 1 is 0.974 bits per heavy atom. The molecule has 11 heteroatoms. The number of carbonyl (C=O) groups is 1. The van der Waals surface area contributed by atoms with Crippen LogP contribution < -0.4 is 19.7 Å². The highest BCUT2D eigenvalue weighted by molar-refractivity contribution is 7.15. The van der Waals surface area contributed by atoms with Crippen molar-refractivity contribution in [2.45, 2.75) is 13.5 Å². The summed E-state index contributed by atoms with van der Waals surface area (Å²) in [6.45, 7) is 7.71. The summed E-state index contributed by atoms with van der Waals surface area (Å²) in [5.74, 6) is 1.44. The maximum absolute atomic E-state index is 13.2. The number of morpholine rings is 1. The number of nitrogens with zero attached hydrogens (tertiary/aromatic N) is 3. The summed E-state index contributed by atoms with van der Waals surface area (Å²) in [5, 5.41) is 4.48. The molecule has 2 aromatic carbocycles. The van der Waals surface area contributed by atoms with E-state index in [2.05, 4.69) is 15.1 Å². The maximum atomic E-state index is 13.2. The van der Waals surface area contributed by atoms with E-state index in [1.165, 1.54) is 0 Å². The molecule has 38 heavy (non-hydrogen) atoms. The molecule has 0 radical (unpaired) electrons. The number of ether oxygens (including phenoxy) is 4. The van der Waals surface area contributed by atoms with Crippen LogP contribution in [0.2, 0.25) is 5.02 Å². The van der Waals surface area contributed by atoms with Crippen LogP contribution in [0.5, 0.6) is 17.2 Å². The van der Waals surface area contributed by atoms with Crippen molar-refractivity contribution in [2.24, 2.45) is 0 Å². The predicted octanol–water partition coefficient (Wildman–Crippen LogP) is 4.58. The molecular weight excluding hydrogens is 528 g/mol. The third-order valence-corrected chi connectivity index (χ3v) is 7.66. The number of nitrogens with one attached hydrogen (secondary N) is 1. The van der Waals surface area contributed by atoms with Crippen LogP contribution in [0.4, 0.5) is 10.8 Å². The van der Waals surface area contributed by atoms with E-state index in [0.29, 0.717) is 74.1 Å². The molecule has 9 nitrogen and oxygen atoms in total. The topological polar surface area (TPSA) is 85.4 Å². The van der Waals surface area contributed by atoms with Crippen LogP contribution >= 0.6 is 22.9 Å². The van der Waals surface area contributed by atoms with Crippen molar-refractivity contribution in [1.82, 2.24) is 9.88 Å². The Morgan fingerprint density at radius 3 is 2.58 bits per heavy atom. The maximum Gasteiger partial charge on any atom is 0.238 e. The van der Waals surface area contributed by atoms with Gasteiger partial charge in [-0.25, -0.2) is 4.98 Å². The molecule has 0 aliphatic carbocycles. The number of aromatic nitrogens is 1. The van der Waals surface area contributed by atoms with Crippen molar-refractivity contribution in [3.63, 3.8) is 0 Å². The normalized spacial score (nSPS) is 17.7. The first-order chi connectivity index (χ1) is 18.5. The van der Waals surface area contributed by atoms with E-state index in [-0.39, 0.29) is 12.5 Å². The minimum Gasteiger partial charge on any atom is -0.487 e. The van der Waals surface area contributed by atoms with Gasteiger partial charge >= 0.3 is 0 Å². The van der Waals surface area contributed by atoms with Crippen molar-refractivity contribution >= 4 is 39.7 Å². The monoisotopic (exact) mass is 558 g/mol. The SMILES string of the molecule is Cc1nc(N2CCOCC2)sc1CN1CCOCCOc2ccccc2Oc2ccc(Cl)cc2NC(=O)C1. The number of benzene rings is 2. The molecule has 0 saturated carbocycles. The third kappa shape index (κ3) is 6.95. The Bertz CT molecular complexity index is 1250. The molecule has 5 rings (SSSR count). The molecule has 1 amide bonds. The first-order valence-electron chi connectivity index (χ1n) is 12.6. The predicted molar refractivity (Wildman–Crippen MR) is 148 cm³/mol. The summed E-state index contributed by atoms with van der Waals surface area (Å²) in [7, 11) is 0. The Morgan fingerprint density at radius 2 is 1.74 bits per heavy atom. The molecule has 0 bridgehead atoms. The van der Waals surface area contributed by atoms with Gasteiger partial charge in [0, 0.05) is 36.1 Å². The highest BCUT2D eigenvalue weighted by atomic mass is 35.5. The number of anilines is 2. The largest absolute Gasteiger partial charge is 0.487 e. The number of aryl methyl sites for hydroxylation is 1. The quantitative estimate of drug-likeness (QED) is 0.500. The fraction of sp³-hybridized carbons (Fsp3) is 0.407. The summed E-state index contributed by atoms with van der Waals surface area (Å²) in [4.78, 5) is 23.5. The third-order valence-electron chi connectivity index (χ3n) is 6.22. The van der Waals surface area contributed by atoms with Crippen LogP contribution in [0.1, 0.15) is 10.6 Å². The first kappa shape index (κ1) is 26.7. The lowest BCUT2D eigenvalue weighted by Gasteiger charge is -2.26. The minimum atomic E-state index is -0.174. The number of carbonyl (C=O) groups excluding carboxylic acids is 1. The van der Waals surface area contributed by atoms with Crippen LogP contribution in [0.15, 0.2) is 42.5 Å². The van der Waals surface area contributed by atoms with Gasteiger partial charge in [-0.2, -0.15) is 0 Å². The standard InChI is InChI=1S/C27H31ClN4O5S/c1-19-25(38-27(29-19)32-9-12-34-13-10-32)17-31-8-11-35-14-15-36-23-4-2-3-5-24(23)37-22-7-6-20(28)16-21(22)30-26(33)18-31/h2-7,16H,8-15,17-18H2,1H3,(H,30,33). The summed E-state index contributed by atoms with van der Waals surface area (Å²) in [6, 6.07) is 12.6. The second kappa shape index (κ2) is 12.8. The number of hydrogen-bond donors (Lipinski definition) is 1. The Kier molecular flexibility index (Phi) is 8.98. The van der Waals surface area contributed by atoms with Gasteiger partial charge in [0.1, 0.15) is 6.61 Å². The second-order valence-corrected chi connectivity index (χ2v) is 10.5. The molecule has 0 atom stereocenters. The van der Waals surface area contributed by atoms with Gasteiger partial charge in [0.2, 0.25) is 5.91 Å². The fourth-order valence-corrected chi connectivity index (χ4v) is 5.55. The average molecular weight is 559 g/mol. The number of amides is 1. The lowest BCUT2D eigenvalue weighted by molar-refractivity contribution is -0.117. The highest BCUT2D eigenvalue weighted by Gasteiger charge is 2.21. The van der Waals surface area contributed by atoms with Gasteiger partial charge in [0.25, 0.3) is 0 Å². The number of fused-ring (bicyclic) bond motifs is 2. The van der Waals surface area contributed by atoms with Crippen molar-refractivity contribution in [1.29, 1.82) is 0 Å². The van der Waals surface area contributed by atoms with Crippen LogP contribution in [0.3, 0.4) is 0 Å².